The largest absolute Gasteiger partial charge is 0.497 e. The molecule has 10 heteroatoms. The van der Waals surface area contributed by atoms with Crippen LogP contribution >= 0.6 is 0 Å². The Labute approximate surface area is 242 Å². The molecular weight excluding hydrogens is 528 g/mol. The molecule has 0 unspecified atom stereocenters. The highest BCUT2D eigenvalue weighted by molar-refractivity contribution is 5.95. The molecule has 42 heavy (non-hydrogen) atoms. The molecule has 1 aliphatic carbocycles. The van der Waals surface area contributed by atoms with Gasteiger partial charge in [0.1, 0.15) is 16.8 Å². The van der Waals surface area contributed by atoms with E-state index < -0.39 is 0 Å². The van der Waals surface area contributed by atoms with Crippen LogP contribution in [0.15, 0.2) is 67.1 Å². The average molecular weight is 559 g/mol. The lowest BCUT2D eigenvalue weighted by molar-refractivity contribution is -0.117. The van der Waals surface area contributed by atoms with Gasteiger partial charge in [0.2, 0.25) is 5.91 Å². The molecule has 7 rings (SSSR count). The van der Waals surface area contributed by atoms with Gasteiger partial charge in [-0.25, -0.2) is 9.97 Å². The van der Waals surface area contributed by atoms with Gasteiger partial charge in [-0.3, -0.25) is 19.9 Å². The number of nitrogens with one attached hydrogen (secondary N) is 3. The number of carbonyl (C=O) groups is 1. The number of hydrogen-bond donors (Lipinski definition) is 3. The van der Waals surface area contributed by atoms with Crippen molar-refractivity contribution in [3.05, 3.63) is 67.1 Å². The summed E-state index contributed by atoms with van der Waals surface area (Å²) in [6.07, 6.45) is 11.7. The monoisotopic (exact) mass is 558 g/mol. The summed E-state index contributed by atoms with van der Waals surface area (Å²) >= 11 is 0. The average Bonchev–Trinajstić information content (AvgIpc) is 3.65. The minimum absolute atomic E-state index is 0.0362. The number of pyridine rings is 3. The van der Waals surface area contributed by atoms with Crippen LogP contribution in [-0.4, -0.2) is 48.1 Å². The molecular formula is C32H30N8O2. The maximum absolute atomic E-state index is 12.7. The Balaban J connectivity index is 1.19. The smallest absolute Gasteiger partial charge is 0.224 e. The van der Waals surface area contributed by atoms with Gasteiger partial charge in [-0.2, -0.15) is 5.10 Å². The highest BCUT2D eigenvalue weighted by atomic mass is 16.5. The predicted octanol–water partition coefficient (Wildman–Crippen LogP) is 6.54. The zero-order chi connectivity index (χ0) is 28.5. The van der Waals surface area contributed by atoms with E-state index in [1.165, 1.54) is 19.3 Å². The van der Waals surface area contributed by atoms with E-state index >= 15 is 0 Å². The minimum Gasteiger partial charge on any atom is -0.497 e. The molecule has 0 radical (unpaired) electrons. The van der Waals surface area contributed by atoms with Crippen molar-refractivity contribution in [3.8, 4) is 39.8 Å². The molecule has 1 aliphatic rings. The Kier molecular flexibility index (Phi) is 6.79. The fourth-order valence-electron chi connectivity index (χ4n) is 5.77. The number of anilines is 1. The quantitative estimate of drug-likeness (QED) is 0.202. The number of methoxy groups -OCH3 is 1. The van der Waals surface area contributed by atoms with Crippen LogP contribution in [0.4, 0.5) is 5.69 Å². The molecule has 3 N–H and O–H groups in total. The van der Waals surface area contributed by atoms with Crippen molar-refractivity contribution < 1.29 is 9.53 Å². The SMILES string of the molecule is COc1cccc(-c2nccc3[nH]c(-c4n[nH]c5ccc(-c6cncc(NC(=O)CC7CCCCC7)c6)nc45)nc23)c1. The maximum atomic E-state index is 12.7. The van der Waals surface area contributed by atoms with Crippen molar-refractivity contribution in [2.45, 2.75) is 38.5 Å². The number of benzene rings is 1. The lowest BCUT2D eigenvalue weighted by Crippen LogP contribution is -2.18. The maximum Gasteiger partial charge on any atom is 0.224 e. The summed E-state index contributed by atoms with van der Waals surface area (Å²) in [7, 11) is 1.64. The van der Waals surface area contributed by atoms with E-state index in [0.717, 1.165) is 57.7 Å². The van der Waals surface area contributed by atoms with Gasteiger partial charge in [-0.1, -0.05) is 31.4 Å². The fraction of sp³-hybridized carbons (Fsp3) is 0.250. The first-order valence-electron chi connectivity index (χ1n) is 14.2. The molecule has 0 spiro atoms. The number of rotatable bonds is 7. The zero-order valence-electron chi connectivity index (χ0n) is 23.2. The molecule has 210 valence electrons. The van der Waals surface area contributed by atoms with Crippen molar-refractivity contribution in [2.75, 3.05) is 12.4 Å². The molecule has 1 aromatic carbocycles. The Morgan fingerprint density at radius 1 is 0.952 bits per heavy atom. The van der Waals surface area contributed by atoms with Crippen molar-refractivity contribution in [1.82, 2.24) is 35.1 Å². The predicted molar refractivity (Wildman–Crippen MR) is 162 cm³/mol. The summed E-state index contributed by atoms with van der Waals surface area (Å²) in [6, 6.07) is 15.4. The lowest BCUT2D eigenvalue weighted by Gasteiger charge is -2.20. The van der Waals surface area contributed by atoms with E-state index in [4.69, 9.17) is 14.7 Å². The van der Waals surface area contributed by atoms with Crippen LogP contribution in [0.1, 0.15) is 38.5 Å². The third-order valence-electron chi connectivity index (χ3n) is 7.89. The molecule has 1 saturated carbocycles. The number of aromatic nitrogens is 7. The van der Waals surface area contributed by atoms with Gasteiger partial charge >= 0.3 is 0 Å². The van der Waals surface area contributed by atoms with E-state index in [9.17, 15) is 4.79 Å². The third kappa shape index (κ3) is 5.07. The standard InChI is InChI=1S/C32H30N8O2/c1-42-23-9-5-8-20(16-23)28-29-25(12-13-34-28)37-32(38-29)31-30-26(39-40-31)11-10-24(36-30)21-15-22(18-33-17-21)35-27(41)14-19-6-3-2-4-7-19/h5,8-13,15-19H,2-4,6-7,14H2,1H3,(H,35,41)(H,37,38)(H,39,40). The molecule has 6 aromatic rings. The normalized spacial score (nSPS) is 13.9. The molecule has 0 saturated heterocycles. The first kappa shape index (κ1) is 25.8. The number of nitrogens with zero attached hydrogens (tertiary/aromatic N) is 5. The van der Waals surface area contributed by atoms with Gasteiger partial charge in [-0.05, 0) is 55.2 Å². The van der Waals surface area contributed by atoms with Crippen LogP contribution in [0, 0.1) is 5.92 Å². The second-order valence-corrected chi connectivity index (χ2v) is 10.8. The number of aromatic amines is 2. The number of imidazole rings is 1. The fourth-order valence-corrected chi connectivity index (χ4v) is 5.77. The van der Waals surface area contributed by atoms with Crippen LogP contribution in [0.25, 0.3) is 56.1 Å². The van der Waals surface area contributed by atoms with Gasteiger partial charge in [0.05, 0.1) is 41.4 Å². The highest BCUT2D eigenvalue weighted by Crippen LogP contribution is 2.32. The van der Waals surface area contributed by atoms with Crippen LogP contribution in [0.3, 0.4) is 0 Å². The molecule has 10 nitrogen and oxygen atoms in total. The van der Waals surface area contributed by atoms with Gasteiger partial charge in [0.15, 0.2) is 11.5 Å². The van der Waals surface area contributed by atoms with Crippen LogP contribution in [0.5, 0.6) is 5.75 Å². The molecule has 1 fully saturated rings. The summed E-state index contributed by atoms with van der Waals surface area (Å²) in [4.78, 5) is 34.9. The van der Waals surface area contributed by atoms with E-state index in [1.54, 1.807) is 25.7 Å². The Hall–Kier alpha value is -5.12. The second-order valence-electron chi connectivity index (χ2n) is 10.8. The summed E-state index contributed by atoms with van der Waals surface area (Å²) < 4.78 is 5.40. The number of amides is 1. The van der Waals surface area contributed by atoms with Crippen molar-refractivity contribution in [1.29, 1.82) is 0 Å². The van der Waals surface area contributed by atoms with E-state index in [0.29, 0.717) is 35.1 Å². The molecule has 5 heterocycles. The van der Waals surface area contributed by atoms with Crippen molar-refractivity contribution in [2.24, 2.45) is 5.92 Å². The topological polar surface area (TPSA) is 134 Å². The zero-order valence-corrected chi connectivity index (χ0v) is 23.2. The van der Waals surface area contributed by atoms with Crippen LogP contribution in [0.2, 0.25) is 0 Å². The van der Waals surface area contributed by atoms with E-state index in [1.807, 2.05) is 48.5 Å². The number of hydrogen-bond acceptors (Lipinski definition) is 7. The molecule has 5 aromatic heterocycles. The Bertz CT molecular complexity index is 1900. The van der Waals surface area contributed by atoms with Crippen molar-refractivity contribution in [3.63, 3.8) is 0 Å². The lowest BCUT2D eigenvalue weighted by atomic mass is 9.87. The van der Waals surface area contributed by atoms with Gasteiger partial charge in [0, 0.05) is 29.9 Å². The molecule has 0 bridgehead atoms. The van der Waals surface area contributed by atoms with Gasteiger partial charge in [-0.15, -0.1) is 0 Å². The number of H-pyrrole nitrogens is 2. The Morgan fingerprint density at radius 2 is 1.83 bits per heavy atom. The summed E-state index contributed by atoms with van der Waals surface area (Å²) in [5.74, 6) is 1.84. The van der Waals surface area contributed by atoms with Crippen LogP contribution in [-0.2, 0) is 4.79 Å². The summed E-state index contributed by atoms with van der Waals surface area (Å²) in [5, 5.41) is 10.6. The first-order valence-corrected chi connectivity index (χ1v) is 14.2. The summed E-state index contributed by atoms with van der Waals surface area (Å²) in [6.45, 7) is 0. The highest BCUT2D eigenvalue weighted by Gasteiger charge is 2.19. The van der Waals surface area contributed by atoms with Crippen LogP contribution < -0.4 is 10.1 Å². The van der Waals surface area contributed by atoms with Crippen molar-refractivity contribution >= 4 is 33.7 Å². The van der Waals surface area contributed by atoms with E-state index in [-0.39, 0.29) is 5.91 Å². The molecule has 0 atom stereocenters. The molecule has 1 amide bonds. The summed E-state index contributed by atoms with van der Waals surface area (Å²) in [5.41, 5.74) is 7.46. The first-order chi connectivity index (χ1) is 20.6. The third-order valence-corrected chi connectivity index (χ3v) is 7.89. The Morgan fingerprint density at radius 3 is 2.71 bits per heavy atom. The van der Waals surface area contributed by atoms with Gasteiger partial charge in [0.25, 0.3) is 0 Å². The number of ether oxygens (including phenoxy) is 1. The van der Waals surface area contributed by atoms with Gasteiger partial charge < -0.3 is 15.0 Å². The minimum atomic E-state index is 0.0362. The second kappa shape index (κ2) is 11.0. The number of carbonyl (C=O) groups excluding carboxylic acids is 1. The number of fused-ring (bicyclic) bond motifs is 2. The van der Waals surface area contributed by atoms with E-state index in [2.05, 4.69) is 30.5 Å². The molecule has 0 aliphatic heterocycles.